The van der Waals surface area contributed by atoms with Crippen molar-refractivity contribution in [1.82, 2.24) is 15.3 Å². The predicted molar refractivity (Wildman–Crippen MR) is 102 cm³/mol. The summed E-state index contributed by atoms with van der Waals surface area (Å²) in [6.07, 6.45) is 1.91. The first-order valence-corrected chi connectivity index (χ1v) is 9.15. The molecule has 0 bridgehead atoms. The highest BCUT2D eigenvalue weighted by atomic mass is 32.1. The van der Waals surface area contributed by atoms with E-state index in [4.69, 9.17) is 0 Å². The van der Waals surface area contributed by atoms with Gasteiger partial charge in [0.1, 0.15) is 0 Å². The van der Waals surface area contributed by atoms with Crippen molar-refractivity contribution in [2.45, 2.75) is 0 Å². The number of nitrogens with zero attached hydrogens (tertiary/aromatic N) is 4. The number of thiophene rings is 1. The summed E-state index contributed by atoms with van der Waals surface area (Å²) in [6.45, 7) is 3.58. The van der Waals surface area contributed by atoms with Crippen molar-refractivity contribution in [2.24, 2.45) is 0 Å². The molecule has 128 valence electrons. The molecule has 0 aliphatic carbocycles. The minimum atomic E-state index is -0.0580. The van der Waals surface area contributed by atoms with Crippen molar-refractivity contribution in [3.63, 3.8) is 0 Å². The van der Waals surface area contributed by atoms with Gasteiger partial charge >= 0.3 is 0 Å². The Hall–Kier alpha value is -2.67. The van der Waals surface area contributed by atoms with Crippen molar-refractivity contribution < 1.29 is 4.79 Å². The highest BCUT2D eigenvalue weighted by Crippen LogP contribution is 2.22. The van der Waals surface area contributed by atoms with Crippen LogP contribution in [0.4, 0.5) is 11.6 Å². The lowest BCUT2D eigenvalue weighted by molar-refractivity contribution is 0.0963. The van der Waals surface area contributed by atoms with Crippen LogP contribution < -0.4 is 15.1 Å². The number of fused-ring (bicyclic) bond motifs is 1. The molecule has 25 heavy (non-hydrogen) atoms. The van der Waals surface area contributed by atoms with Crippen LogP contribution in [0.15, 0.2) is 41.9 Å². The molecule has 1 amide bonds. The lowest BCUT2D eigenvalue weighted by Crippen LogP contribution is -2.47. The van der Waals surface area contributed by atoms with Gasteiger partial charge in [-0.2, -0.15) is 0 Å². The van der Waals surface area contributed by atoms with E-state index >= 15 is 0 Å². The fraction of sp³-hybridized carbons (Fsp3) is 0.278. The lowest BCUT2D eigenvalue weighted by atomic mass is 10.1. The monoisotopic (exact) mass is 353 g/mol. The second-order valence-corrected chi connectivity index (χ2v) is 6.89. The number of hydrogen-bond acceptors (Lipinski definition) is 6. The smallest absolute Gasteiger partial charge is 0.251 e. The number of carbonyl (C=O) groups is 1. The maximum atomic E-state index is 11.6. The Morgan fingerprint density at radius 3 is 2.52 bits per heavy atom. The molecule has 7 heteroatoms. The zero-order valence-corrected chi connectivity index (χ0v) is 14.8. The third-order valence-electron chi connectivity index (χ3n) is 4.48. The fourth-order valence-corrected chi connectivity index (χ4v) is 3.73. The van der Waals surface area contributed by atoms with E-state index in [1.165, 1.54) is 0 Å². The molecule has 2 aromatic heterocycles. The summed E-state index contributed by atoms with van der Waals surface area (Å²) in [5, 5.41) is 4.69. The van der Waals surface area contributed by atoms with Gasteiger partial charge in [-0.15, -0.1) is 11.3 Å². The predicted octanol–water partition coefficient (Wildman–Crippen LogP) is 2.38. The molecular formula is C18H19N5OS. The maximum absolute atomic E-state index is 11.6. The van der Waals surface area contributed by atoms with Crippen LogP contribution in [-0.2, 0) is 0 Å². The largest absolute Gasteiger partial charge is 0.368 e. The number of amides is 1. The van der Waals surface area contributed by atoms with E-state index < -0.39 is 0 Å². The number of piperazine rings is 1. The van der Waals surface area contributed by atoms with Gasteiger partial charge in [0.2, 0.25) is 5.95 Å². The number of nitrogens with one attached hydrogen (secondary N) is 1. The van der Waals surface area contributed by atoms with Gasteiger partial charge in [0.05, 0.1) is 16.4 Å². The van der Waals surface area contributed by atoms with Crippen LogP contribution in [0.2, 0.25) is 0 Å². The molecule has 3 heterocycles. The van der Waals surface area contributed by atoms with Gasteiger partial charge in [-0.1, -0.05) is 0 Å². The summed E-state index contributed by atoms with van der Waals surface area (Å²) in [4.78, 5) is 25.3. The fourth-order valence-electron chi connectivity index (χ4n) is 3.04. The van der Waals surface area contributed by atoms with E-state index in [2.05, 4.69) is 25.1 Å². The van der Waals surface area contributed by atoms with Gasteiger partial charge in [0, 0.05) is 44.5 Å². The van der Waals surface area contributed by atoms with Crippen LogP contribution in [0.1, 0.15) is 10.4 Å². The van der Waals surface area contributed by atoms with Crippen LogP contribution in [0.25, 0.3) is 10.2 Å². The van der Waals surface area contributed by atoms with Crippen LogP contribution in [-0.4, -0.2) is 49.1 Å². The summed E-state index contributed by atoms with van der Waals surface area (Å²) in [5.41, 5.74) is 2.84. The van der Waals surface area contributed by atoms with Gasteiger partial charge in [0.25, 0.3) is 5.91 Å². The molecule has 4 rings (SSSR count). The molecule has 1 aliphatic heterocycles. The molecule has 6 nitrogen and oxygen atoms in total. The molecule has 0 saturated carbocycles. The van der Waals surface area contributed by atoms with Gasteiger partial charge in [-0.3, -0.25) is 4.79 Å². The minimum absolute atomic E-state index is 0.0580. The molecule has 0 radical (unpaired) electrons. The maximum Gasteiger partial charge on any atom is 0.251 e. The minimum Gasteiger partial charge on any atom is -0.368 e. The second kappa shape index (κ2) is 6.68. The highest BCUT2D eigenvalue weighted by Gasteiger charge is 2.19. The Kier molecular flexibility index (Phi) is 4.23. The van der Waals surface area contributed by atoms with E-state index in [0.717, 1.165) is 48.0 Å². The normalized spacial score (nSPS) is 14.8. The first kappa shape index (κ1) is 15.8. The quantitative estimate of drug-likeness (QED) is 0.783. The number of aromatic nitrogens is 2. The highest BCUT2D eigenvalue weighted by molar-refractivity contribution is 7.17. The standard InChI is InChI=1S/C18H19N5OS/c1-19-17(24)13-2-4-14(5-3-13)22-7-9-23(10-8-22)18-20-12-16-15(21-18)6-11-25-16/h2-6,11-12H,7-10H2,1H3,(H,19,24). The molecule has 1 aliphatic rings. The Bertz CT molecular complexity index is 884. The number of hydrogen-bond donors (Lipinski definition) is 1. The molecule has 1 saturated heterocycles. The Balaban J connectivity index is 1.43. The molecule has 3 aromatic rings. The lowest BCUT2D eigenvalue weighted by Gasteiger charge is -2.36. The third-order valence-corrected chi connectivity index (χ3v) is 5.32. The van der Waals surface area contributed by atoms with Gasteiger partial charge < -0.3 is 15.1 Å². The summed E-state index contributed by atoms with van der Waals surface area (Å²) in [5.74, 6) is 0.748. The van der Waals surface area contributed by atoms with Crippen molar-refractivity contribution in [2.75, 3.05) is 43.0 Å². The van der Waals surface area contributed by atoms with E-state index in [1.54, 1.807) is 18.4 Å². The summed E-state index contributed by atoms with van der Waals surface area (Å²) >= 11 is 1.66. The van der Waals surface area contributed by atoms with E-state index in [0.29, 0.717) is 5.56 Å². The van der Waals surface area contributed by atoms with Crippen molar-refractivity contribution in [3.05, 3.63) is 47.5 Å². The molecule has 1 fully saturated rings. The first-order valence-electron chi connectivity index (χ1n) is 8.27. The van der Waals surface area contributed by atoms with Gasteiger partial charge in [0.15, 0.2) is 0 Å². The number of benzene rings is 1. The average molecular weight is 353 g/mol. The molecule has 0 unspecified atom stereocenters. The zero-order chi connectivity index (χ0) is 17.2. The summed E-state index contributed by atoms with van der Waals surface area (Å²) < 4.78 is 1.12. The molecule has 0 atom stereocenters. The van der Waals surface area contributed by atoms with Crippen LogP contribution in [0.3, 0.4) is 0 Å². The van der Waals surface area contributed by atoms with E-state index in [-0.39, 0.29) is 5.91 Å². The number of rotatable bonds is 3. The summed E-state index contributed by atoms with van der Waals surface area (Å²) in [7, 11) is 1.64. The van der Waals surface area contributed by atoms with E-state index in [9.17, 15) is 4.79 Å². The van der Waals surface area contributed by atoms with Crippen molar-refractivity contribution >= 4 is 39.1 Å². The van der Waals surface area contributed by atoms with Crippen LogP contribution in [0.5, 0.6) is 0 Å². The van der Waals surface area contributed by atoms with Crippen LogP contribution in [0, 0.1) is 0 Å². The Morgan fingerprint density at radius 1 is 1.08 bits per heavy atom. The first-order chi connectivity index (χ1) is 12.2. The topological polar surface area (TPSA) is 61.4 Å². The average Bonchev–Trinajstić information content (AvgIpc) is 3.15. The van der Waals surface area contributed by atoms with E-state index in [1.807, 2.05) is 41.9 Å². The third kappa shape index (κ3) is 3.15. The SMILES string of the molecule is CNC(=O)c1ccc(N2CCN(c3ncc4sccc4n3)CC2)cc1. The van der Waals surface area contributed by atoms with Crippen molar-refractivity contribution in [1.29, 1.82) is 0 Å². The number of carbonyl (C=O) groups excluding carboxylic acids is 1. The molecular weight excluding hydrogens is 334 g/mol. The zero-order valence-electron chi connectivity index (χ0n) is 14.0. The Morgan fingerprint density at radius 2 is 1.80 bits per heavy atom. The number of anilines is 2. The molecule has 1 N–H and O–H groups in total. The second-order valence-electron chi connectivity index (χ2n) is 5.94. The van der Waals surface area contributed by atoms with Crippen molar-refractivity contribution in [3.8, 4) is 0 Å². The van der Waals surface area contributed by atoms with Gasteiger partial charge in [-0.25, -0.2) is 9.97 Å². The summed E-state index contributed by atoms with van der Waals surface area (Å²) in [6, 6.07) is 9.79. The Labute approximate surface area is 150 Å². The molecule has 1 aromatic carbocycles. The molecule has 0 spiro atoms. The van der Waals surface area contributed by atoms with Crippen LogP contribution >= 0.6 is 11.3 Å². The van der Waals surface area contributed by atoms with Gasteiger partial charge in [-0.05, 0) is 35.7 Å².